The van der Waals surface area contributed by atoms with Crippen molar-refractivity contribution in [1.82, 2.24) is 14.9 Å². The molecule has 3 aromatic carbocycles. The number of aryl methyl sites for hydroxylation is 1. The van der Waals surface area contributed by atoms with E-state index < -0.39 is 0 Å². The Balaban J connectivity index is 1.42. The number of benzene rings is 3. The van der Waals surface area contributed by atoms with E-state index in [1.54, 1.807) is 31.4 Å². The van der Waals surface area contributed by atoms with Crippen molar-refractivity contribution in [3.8, 4) is 11.5 Å². The molecular formula is C27H29N3O3. The molecule has 1 atom stereocenters. The number of amides is 1. The van der Waals surface area contributed by atoms with Crippen LogP contribution >= 0.6 is 0 Å². The summed E-state index contributed by atoms with van der Waals surface area (Å²) in [6.07, 6.45) is 1.87. The highest BCUT2D eigenvalue weighted by Gasteiger charge is 2.19. The summed E-state index contributed by atoms with van der Waals surface area (Å²) in [5.74, 6) is 2.32. The van der Waals surface area contributed by atoms with Gasteiger partial charge in [0.15, 0.2) is 0 Å². The van der Waals surface area contributed by atoms with Gasteiger partial charge in [-0.1, -0.05) is 30.3 Å². The molecule has 1 unspecified atom stereocenters. The lowest BCUT2D eigenvalue weighted by Gasteiger charge is -2.17. The zero-order valence-corrected chi connectivity index (χ0v) is 19.0. The third-order valence-electron chi connectivity index (χ3n) is 5.56. The van der Waals surface area contributed by atoms with Crippen molar-refractivity contribution in [3.63, 3.8) is 0 Å². The van der Waals surface area contributed by atoms with Gasteiger partial charge in [0.05, 0.1) is 30.8 Å². The summed E-state index contributed by atoms with van der Waals surface area (Å²) >= 11 is 0. The molecule has 1 N–H and O–H groups in total. The Hall–Kier alpha value is -3.80. The van der Waals surface area contributed by atoms with Gasteiger partial charge in [0.25, 0.3) is 5.91 Å². The topological polar surface area (TPSA) is 65.4 Å². The fourth-order valence-corrected chi connectivity index (χ4v) is 3.83. The number of unbranched alkanes of at least 4 members (excludes halogenated alkanes) is 1. The predicted molar refractivity (Wildman–Crippen MR) is 130 cm³/mol. The first kappa shape index (κ1) is 22.4. The van der Waals surface area contributed by atoms with E-state index in [1.807, 2.05) is 55.5 Å². The number of nitrogens with zero attached hydrogens (tertiary/aromatic N) is 2. The molecule has 170 valence electrons. The summed E-state index contributed by atoms with van der Waals surface area (Å²) in [6, 6.07) is 24.8. The summed E-state index contributed by atoms with van der Waals surface area (Å²) in [6.45, 7) is 3.43. The summed E-state index contributed by atoms with van der Waals surface area (Å²) in [5, 5.41) is 3.09. The van der Waals surface area contributed by atoms with Gasteiger partial charge in [-0.05, 0) is 68.3 Å². The van der Waals surface area contributed by atoms with Gasteiger partial charge in [0, 0.05) is 12.1 Å². The first-order valence-corrected chi connectivity index (χ1v) is 11.2. The third kappa shape index (κ3) is 5.52. The van der Waals surface area contributed by atoms with Crippen LogP contribution in [0.4, 0.5) is 0 Å². The highest BCUT2D eigenvalue weighted by molar-refractivity contribution is 5.94. The number of imidazole rings is 1. The maximum Gasteiger partial charge on any atom is 0.251 e. The molecule has 33 heavy (non-hydrogen) atoms. The minimum Gasteiger partial charge on any atom is -0.497 e. The zero-order valence-electron chi connectivity index (χ0n) is 19.0. The Kier molecular flexibility index (Phi) is 7.25. The van der Waals surface area contributed by atoms with Crippen LogP contribution in [0.3, 0.4) is 0 Å². The zero-order chi connectivity index (χ0) is 23.0. The smallest absolute Gasteiger partial charge is 0.251 e. The van der Waals surface area contributed by atoms with Crippen molar-refractivity contribution >= 4 is 16.9 Å². The first-order chi connectivity index (χ1) is 16.2. The summed E-state index contributed by atoms with van der Waals surface area (Å²) < 4.78 is 13.2. The van der Waals surface area contributed by atoms with Gasteiger partial charge >= 0.3 is 0 Å². The Morgan fingerprint density at radius 2 is 1.67 bits per heavy atom. The molecule has 0 radical (unpaired) electrons. The van der Waals surface area contributed by atoms with Crippen LogP contribution in [0.1, 0.15) is 42.0 Å². The van der Waals surface area contributed by atoms with Crippen LogP contribution in [-0.2, 0) is 6.54 Å². The number of ether oxygens (including phenoxy) is 2. The van der Waals surface area contributed by atoms with Crippen molar-refractivity contribution in [2.24, 2.45) is 0 Å². The number of aromatic nitrogens is 2. The lowest BCUT2D eigenvalue weighted by Crippen LogP contribution is -2.28. The highest BCUT2D eigenvalue weighted by Crippen LogP contribution is 2.22. The second-order valence-electron chi connectivity index (χ2n) is 7.90. The molecule has 1 aromatic heterocycles. The number of para-hydroxylation sites is 3. The lowest BCUT2D eigenvalue weighted by molar-refractivity contribution is 0.0937. The van der Waals surface area contributed by atoms with Crippen LogP contribution in [0.15, 0.2) is 78.9 Å². The van der Waals surface area contributed by atoms with Gasteiger partial charge in [0.1, 0.15) is 17.3 Å². The molecule has 0 saturated carbocycles. The number of nitrogens with one attached hydrogen (secondary N) is 1. The van der Waals surface area contributed by atoms with Crippen molar-refractivity contribution < 1.29 is 14.3 Å². The Labute approximate surface area is 194 Å². The van der Waals surface area contributed by atoms with E-state index in [1.165, 1.54) is 0 Å². The molecule has 0 fully saturated rings. The van der Waals surface area contributed by atoms with Crippen LogP contribution in [0.25, 0.3) is 11.0 Å². The molecule has 4 rings (SSSR count). The molecule has 0 saturated heterocycles. The Morgan fingerprint density at radius 3 is 2.42 bits per heavy atom. The molecule has 1 heterocycles. The van der Waals surface area contributed by atoms with E-state index in [9.17, 15) is 4.79 Å². The normalized spacial score (nSPS) is 11.8. The SMILES string of the molecule is COc1ccc(C(=O)NC(C)c2nc3ccccc3n2CCCCOc2ccccc2)cc1. The van der Waals surface area contributed by atoms with Crippen LogP contribution in [0, 0.1) is 0 Å². The summed E-state index contributed by atoms with van der Waals surface area (Å²) in [5.41, 5.74) is 2.59. The predicted octanol–water partition coefficient (Wildman–Crippen LogP) is 5.40. The fourth-order valence-electron chi connectivity index (χ4n) is 3.83. The Bertz CT molecular complexity index is 1190. The summed E-state index contributed by atoms with van der Waals surface area (Å²) in [7, 11) is 1.61. The molecule has 1 amide bonds. The van der Waals surface area contributed by atoms with E-state index in [-0.39, 0.29) is 11.9 Å². The van der Waals surface area contributed by atoms with Crippen LogP contribution in [-0.4, -0.2) is 29.2 Å². The van der Waals surface area contributed by atoms with Gasteiger partial charge in [-0.25, -0.2) is 4.98 Å². The Morgan fingerprint density at radius 1 is 0.939 bits per heavy atom. The first-order valence-electron chi connectivity index (χ1n) is 11.2. The molecule has 4 aromatic rings. The molecular weight excluding hydrogens is 414 g/mol. The quantitative estimate of drug-likeness (QED) is 0.334. The lowest BCUT2D eigenvalue weighted by atomic mass is 10.2. The number of hydrogen-bond acceptors (Lipinski definition) is 4. The monoisotopic (exact) mass is 443 g/mol. The standard InChI is InChI=1S/C27H29N3O3/c1-20(28-27(31)21-14-16-22(32-2)17-15-21)26-29-24-12-6-7-13-25(24)30(26)18-8-9-19-33-23-10-4-3-5-11-23/h3-7,10-17,20H,8-9,18-19H2,1-2H3,(H,28,31). The number of carbonyl (C=O) groups excluding carboxylic acids is 1. The van der Waals surface area contributed by atoms with E-state index >= 15 is 0 Å². The van der Waals surface area contributed by atoms with Gasteiger partial charge in [-0.15, -0.1) is 0 Å². The van der Waals surface area contributed by atoms with Crippen molar-refractivity contribution in [3.05, 3.63) is 90.3 Å². The minimum atomic E-state index is -0.243. The molecule has 0 aliphatic heterocycles. The average molecular weight is 444 g/mol. The molecule has 0 aliphatic rings. The summed E-state index contributed by atoms with van der Waals surface area (Å²) in [4.78, 5) is 17.6. The highest BCUT2D eigenvalue weighted by atomic mass is 16.5. The molecule has 6 heteroatoms. The van der Waals surface area contributed by atoms with E-state index in [0.29, 0.717) is 12.2 Å². The van der Waals surface area contributed by atoms with Gasteiger partial charge < -0.3 is 19.4 Å². The second-order valence-corrected chi connectivity index (χ2v) is 7.90. The maximum absolute atomic E-state index is 12.8. The van der Waals surface area contributed by atoms with Crippen molar-refractivity contribution in [2.45, 2.75) is 32.4 Å². The second kappa shape index (κ2) is 10.7. The molecule has 0 bridgehead atoms. The minimum absolute atomic E-state index is 0.139. The molecule has 6 nitrogen and oxygen atoms in total. The van der Waals surface area contributed by atoms with E-state index in [0.717, 1.165) is 47.7 Å². The fraction of sp³-hybridized carbons (Fsp3) is 0.259. The van der Waals surface area contributed by atoms with Gasteiger partial charge in [0.2, 0.25) is 0 Å². The largest absolute Gasteiger partial charge is 0.497 e. The maximum atomic E-state index is 12.8. The van der Waals surface area contributed by atoms with Gasteiger partial charge in [-0.2, -0.15) is 0 Å². The number of fused-ring (bicyclic) bond motifs is 1. The number of hydrogen-bond donors (Lipinski definition) is 1. The van der Waals surface area contributed by atoms with E-state index in [2.05, 4.69) is 16.0 Å². The van der Waals surface area contributed by atoms with Gasteiger partial charge in [-0.3, -0.25) is 4.79 Å². The average Bonchev–Trinajstić information content (AvgIpc) is 3.23. The van der Waals surface area contributed by atoms with Crippen molar-refractivity contribution in [2.75, 3.05) is 13.7 Å². The van der Waals surface area contributed by atoms with E-state index in [4.69, 9.17) is 14.5 Å². The number of carbonyl (C=O) groups is 1. The van der Waals surface area contributed by atoms with Crippen molar-refractivity contribution in [1.29, 1.82) is 0 Å². The van der Waals surface area contributed by atoms with Crippen LogP contribution in [0.2, 0.25) is 0 Å². The van der Waals surface area contributed by atoms with Crippen LogP contribution < -0.4 is 14.8 Å². The molecule has 0 spiro atoms. The molecule has 0 aliphatic carbocycles. The number of methoxy groups -OCH3 is 1. The number of rotatable bonds is 10. The van der Waals surface area contributed by atoms with Crippen LogP contribution in [0.5, 0.6) is 11.5 Å². The third-order valence-corrected chi connectivity index (χ3v) is 5.56.